The summed E-state index contributed by atoms with van der Waals surface area (Å²) >= 11 is 0. The molecular formula is C11H19N3O. The maximum Gasteiger partial charge on any atom is 0.0944 e. The predicted molar refractivity (Wildman–Crippen MR) is 58.5 cm³/mol. The zero-order valence-corrected chi connectivity index (χ0v) is 9.21. The predicted octanol–water partition coefficient (Wildman–Crippen LogP) is 0.845. The van der Waals surface area contributed by atoms with E-state index in [0.29, 0.717) is 13.0 Å². The van der Waals surface area contributed by atoms with Crippen LogP contribution in [0.2, 0.25) is 0 Å². The van der Waals surface area contributed by atoms with Crippen LogP contribution >= 0.6 is 0 Å². The summed E-state index contributed by atoms with van der Waals surface area (Å²) in [5.74, 6) is 0. The first-order chi connectivity index (χ1) is 7.21. The van der Waals surface area contributed by atoms with Crippen molar-refractivity contribution in [3.05, 3.63) is 17.0 Å². The SMILES string of the molecule is CCc1n[nH]c2c1C(O)(CCN)CCC2. The fraction of sp³-hybridized carbons (Fsp3) is 0.727. The Kier molecular flexibility index (Phi) is 2.80. The third-order valence-electron chi connectivity index (χ3n) is 3.29. The van der Waals surface area contributed by atoms with Crippen molar-refractivity contribution in [3.8, 4) is 0 Å². The van der Waals surface area contributed by atoms with Crippen molar-refractivity contribution < 1.29 is 5.11 Å². The fourth-order valence-corrected chi connectivity index (χ4v) is 2.58. The van der Waals surface area contributed by atoms with Crippen LogP contribution in [0.3, 0.4) is 0 Å². The number of hydrogen-bond donors (Lipinski definition) is 3. The minimum Gasteiger partial charge on any atom is -0.385 e. The van der Waals surface area contributed by atoms with E-state index < -0.39 is 5.60 Å². The van der Waals surface area contributed by atoms with Gasteiger partial charge in [0.15, 0.2) is 0 Å². The lowest BCUT2D eigenvalue weighted by atomic mass is 9.78. The van der Waals surface area contributed by atoms with Crippen LogP contribution < -0.4 is 5.73 Å². The van der Waals surface area contributed by atoms with E-state index in [1.54, 1.807) is 0 Å². The second-order valence-corrected chi connectivity index (χ2v) is 4.30. The number of H-pyrrole nitrogens is 1. The van der Waals surface area contributed by atoms with E-state index in [0.717, 1.165) is 42.6 Å². The molecule has 0 amide bonds. The van der Waals surface area contributed by atoms with Gasteiger partial charge in [0.25, 0.3) is 0 Å². The number of aryl methyl sites for hydroxylation is 2. The van der Waals surface area contributed by atoms with Gasteiger partial charge in [-0.25, -0.2) is 0 Å². The van der Waals surface area contributed by atoms with Crippen LogP contribution in [-0.2, 0) is 18.4 Å². The summed E-state index contributed by atoms with van der Waals surface area (Å²) in [7, 11) is 0. The van der Waals surface area contributed by atoms with Crippen LogP contribution in [0.25, 0.3) is 0 Å². The van der Waals surface area contributed by atoms with Crippen LogP contribution in [0.5, 0.6) is 0 Å². The van der Waals surface area contributed by atoms with Gasteiger partial charge in [-0.2, -0.15) is 5.10 Å². The topological polar surface area (TPSA) is 74.9 Å². The van der Waals surface area contributed by atoms with Gasteiger partial charge in [0, 0.05) is 11.3 Å². The normalized spacial score (nSPS) is 25.3. The Labute approximate surface area is 89.9 Å². The second kappa shape index (κ2) is 3.94. The largest absolute Gasteiger partial charge is 0.385 e. The Morgan fingerprint density at radius 2 is 2.40 bits per heavy atom. The van der Waals surface area contributed by atoms with Crippen molar-refractivity contribution in [2.45, 2.75) is 44.6 Å². The molecule has 1 aromatic rings. The number of aliphatic hydroxyl groups is 1. The number of aromatic amines is 1. The van der Waals surface area contributed by atoms with Gasteiger partial charge < -0.3 is 10.8 Å². The molecule has 2 rings (SSSR count). The first-order valence-corrected chi connectivity index (χ1v) is 5.70. The highest BCUT2D eigenvalue weighted by Gasteiger charge is 2.37. The van der Waals surface area contributed by atoms with E-state index in [1.165, 1.54) is 0 Å². The molecule has 15 heavy (non-hydrogen) atoms. The number of nitrogens with one attached hydrogen (secondary N) is 1. The molecule has 0 bridgehead atoms. The third-order valence-corrected chi connectivity index (χ3v) is 3.29. The van der Waals surface area contributed by atoms with Gasteiger partial charge in [0.05, 0.1) is 11.3 Å². The first-order valence-electron chi connectivity index (χ1n) is 5.70. The number of hydrogen-bond acceptors (Lipinski definition) is 3. The average molecular weight is 209 g/mol. The van der Waals surface area contributed by atoms with Crippen LogP contribution in [0.1, 0.15) is 43.1 Å². The van der Waals surface area contributed by atoms with Gasteiger partial charge in [-0.3, -0.25) is 5.10 Å². The summed E-state index contributed by atoms with van der Waals surface area (Å²) < 4.78 is 0. The lowest BCUT2D eigenvalue weighted by Crippen LogP contribution is -2.33. The fourth-order valence-electron chi connectivity index (χ4n) is 2.58. The molecule has 4 N–H and O–H groups in total. The van der Waals surface area contributed by atoms with E-state index in [4.69, 9.17) is 5.73 Å². The minimum absolute atomic E-state index is 0.518. The molecule has 1 aliphatic carbocycles. The maximum absolute atomic E-state index is 10.6. The Morgan fingerprint density at radius 1 is 1.60 bits per heavy atom. The van der Waals surface area contributed by atoms with Crippen LogP contribution in [0, 0.1) is 0 Å². The molecule has 1 aliphatic rings. The highest BCUT2D eigenvalue weighted by molar-refractivity contribution is 5.34. The quantitative estimate of drug-likeness (QED) is 0.690. The van der Waals surface area contributed by atoms with Crippen molar-refractivity contribution >= 4 is 0 Å². The maximum atomic E-state index is 10.6. The third kappa shape index (κ3) is 1.68. The number of aromatic nitrogens is 2. The van der Waals surface area contributed by atoms with Crippen LogP contribution in [0.4, 0.5) is 0 Å². The molecule has 0 radical (unpaired) electrons. The number of fused-ring (bicyclic) bond motifs is 1. The highest BCUT2D eigenvalue weighted by Crippen LogP contribution is 2.38. The zero-order chi connectivity index (χ0) is 10.9. The van der Waals surface area contributed by atoms with E-state index in [-0.39, 0.29) is 0 Å². The van der Waals surface area contributed by atoms with Gasteiger partial charge >= 0.3 is 0 Å². The van der Waals surface area contributed by atoms with Crippen molar-refractivity contribution in [1.29, 1.82) is 0 Å². The number of nitrogens with zero attached hydrogens (tertiary/aromatic N) is 1. The van der Waals surface area contributed by atoms with Crippen molar-refractivity contribution in [3.63, 3.8) is 0 Å². The molecule has 4 heteroatoms. The Balaban J connectivity index is 2.43. The molecule has 0 aliphatic heterocycles. The molecule has 1 heterocycles. The summed E-state index contributed by atoms with van der Waals surface area (Å²) in [6, 6.07) is 0. The highest BCUT2D eigenvalue weighted by atomic mass is 16.3. The zero-order valence-electron chi connectivity index (χ0n) is 9.21. The standard InChI is InChI=1S/C11H19N3O/c1-2-8-10-9(14-13-8)4-3-5-11(10,15)6-7-12/h15H,2-7,12H2,1H3,(H,13,14). The molecule has 84 valence electrons. The lowest BCUT2D eigenvalue weighted by molar-refractivity contribution is 0.0117. The molecule has 0 aromatic carbocycles. The minimum atomic E-state index is -0.735. The molecule has 0 saturated heterocycles. The molecule has 0 fully saturated rings. The van der Waals surface area contributed by atoms with E-state index in [9.17, 15) is 5.11 Å². The van der Waals surface area contributed by atoms with Gasteiger partial charge in [-0.05, 0) is 38.6 Å². The van der Waals surface area contributed by atoms with Crippen LogP contribution in [-0.4, -0.2) is 21.8 Å². The monoisotopic (exact) mass is 209 g/mol. The van der Waals surface area contributed by atoms with Gasteiger partial charge in [0.1, 0.15) is 0 Å². The summed E-state index contributed by atoms with van der Waals surface area (Å²) in [4.78, 5) is 0. The van der Waals surface area contributed by atoms with Crippen LogP contribution in [0.15, 0.2) is 0 Å². The van der Waals surface area contributed by atoms with E-state index >= 15 is 0 Å². The molecule has 1 aromatic heterocycles. The summed E-state index contributed by atoms with van der Waals surface area (Å²) in [6.45, 7) is 2.58. The lowest BCUT2D eigenvalue weighted by Gasteiger charge is -2.32. The smallest absolute Gasteiger partial charge is 0.0944 e. The Hall–Kier alpha value is -0.870. The van der Waals surface area contributed by atoms with Gasteiger partial charge in [-0.1, -0.05) is 6.92 Å². The summed E-state index contributed by atoms with van der Waals surface area (Å²) in [6.07, 6.45) is 4.30. The Morgan fingerprint density at radius 3 is 3.07 bits per heavy atom. The van der Waals surface area contributed by atoms with E-state index in [1.807, 2.05) is 0 Å². The van der Waals surface area contributed by atoms with Crippen molar-refractivity contribution in [2.75, 3.05) is 6.54 Å². The van der Waals surface area contributed by atoms with Gasteiger partial charge in [0.2, 0.25) is 0 Å². The molecular weight excluding hydrogens is 190 g/mol. The van der Waals surface area contributed by atoms with E-state index in [2.05, 4.69) is 17.1 Å². The molecule has 4 nitrogen and oxygen atoms in total. The van der Waals surface area contributed by atoms with Crippen molar-refractivity contribution in [1.82, 2.24) is 10.2 Å². The molecule has 1 unspecified atom stereocenters. The second-order valence-electron chi connectivity index (χ2n) is 4.30. The number of nitrogens with two attached hydrogens (primary N) is 1. The summed E-state index contributed by atoms with van der Waals surface area (Å²) in [5, 5.41) is 17.9. The molecule has 0 spiro atoms. The average Bonchev–Trinajstić information content (AvgIpc) is 2.63. The van der Waals surface area contributed by atoms with Gasteiger partial charge in [-0.15, -0.1) is 0 Å². The molecule has 0 saturated carbocycles. The molecule has 1 atom stereocenters. The Bertz CT molecular complexity index is 334. The number of rotatable bonds is 3. The summed E-state index contributed by atoms with van der Waals surface area (Å²) in [5.41, 5.74) is 7.97. The first kappa shape index (κ1) is 10.6. The van der Waals surface area contributed by atoms with Crippen molar-refractivity contribution in [2.24, 2.45) is 5.73 Å².